The molecular weight excluding hydrogens is 226 g/mol. The van der Waals surface area contributed by atoms with Gasteiger partial charge in [0.1, 0.15) is 0 Å². The first kappa shape index (κ1) is 14.3. The summed E-state index contributed by atoms with van der Waals surface area (Å²) in [4.78, 5) is 0. The minimum atomic E-state index is -0.359. The van der Waals surface area contributed by atoms with E-state index in [1.165, 1.54) is 25.7 Å². The van der Waals surface area contributed by atoms with Crippen LogP contribution in [-0.2, 0) is 4.74 Å². The van der Waals surface area contributed by atoms with Gasteiger partial charge in [-0.2, -0.15) is 0 Å². The minimum Gasteiger partial charge on any atom is -0.389 e. The molecule has 0 saturated heterocycles. The van der Waals surface area contributed by atoms with Crippen molar-refractivity contribution in [3.8, 4) is 0 Å². The molecule has 2 fully saturated rings. The lowest BCUT2D eigenvalue weighted by Gasteiger charge is -2.22. The molecule has 0 radical (unpaired) electrons. The van der Waals surface area contributed by atoms with Crippen LogP contribution in [0.3, 0.4) is 0 Å². The van der Waals surface area contributed by atoms with Crippen LogP contribution in [-0.4, -0.2) is 37.5 Å². The van der Waals surface area contributed by atoms with Gasteiger partial charge in [-0.25, -0.2) is 0 Å². The lowest BCUT2D eigenvalue weighted by molar-refractivity contribution is 0.0256. The van der Waals surface area contributed by atoms with E-state index in [2.05, 4.69) is 19.2 Å². The summed E-state index contributed by atoms with van der Waals surface area (Å²) in [6.07, 6.45) is 5.43. The normalized spacial score (nSPS) is 32.3. The standard InChI is InChI=1S/C15H29NO2/c1-11(2)9-18-10-15(17)8-16-7-14-6-12-3-4-13(14)5-12/h11-17H,3-10H2,1-2H3. The van der Waals surface area contributed by atoms with Crippen LogP contribution in [0.15, 0.2) is 0 Å². The van der Waals surface area contributed by atoms with Crippen LogP contribution in [0.4, 0.5) is 0 Å². The number of hydrogen-bond donors (Lipinski definition) is 2. The monoisotopic (exact) mass is 255 g/mol. The predicted molar refractivity (Wildman–Crippen MR) is 73.5 cm³/mol. The molecule has 4 unspecified atom stereocenters. The van der Waals surface area contributed by atoms with Gasteiger partial charge in [0.05, 0.1) is 12.7 Å². The second-order valence-electron chi connectivity index (χ2n) is 6.68. The second kappa shape index (κ2) is 6.88. The first-order chi connectivity index (χ1) is 8.65. The van der Waals surface area contributed by atoms with Crippen LogP contribution in [0, 0.1) is 23.7 Å². The van der Waals surface area contributed by atoms with Crippen molar-refractivity contribution in [3.05, 3.63) is 0 Å². The molecule has 18 heavy (non-hydrogen) atoms. The SMILES string of the molecule is CC(C)COCC(O)CNCC1CC2CCC1C2. The molecule has 0 aromatic heterocycles. The predicted octanol–water partition coefficient (Wildman–Crippen LogP) is 2.05. The molecule has 0 heterocycles. The summed E-state index contributed by atoms with van der Waals surface area (Å²) < 4.78 is 5.44. The molecule has 2 bridgehead atoms. The van der Waals surface area contributed by atoms with Crippen molar-refractivity contribution < 1.29 is 9.84 Å². The summed E-state index contributed by atoms with van der Waals surface area (Å²) >= 11 is 0. The summed E-state index contributed by atoms with van der Waals surface area (Å²) in [6.45, 7) is 7.21. The fourth-order valence-corrected chi connectivity index (χ4v) is 3.56. The Labute approximate surface area is 111 Å². The molecule has 3 nitrogen and oxygen atoms in total. The fourth-order valence-electron chi connectivity index (χ4n) is 3.56. The minimum absolute atomic E-state index is 0.359. The molecule has 0 aliphatic heterocycles. The summed E-state index contributed by atoms with van der Waals surface area (Å²) in [6, 6.07) is 0. The Morgan fingerprint density at radius 1 is 1.22 bits per heavy atom. The number of nitrogens with one attached hydrogen (secondary N) is 1. The lowest BCUT2D eigenvalue weighted by atomic mass is 9.89. The van der Waals surface area contributed by atoms with E-state index >= 15 is 0 Å². The first-order valence-electron chi connectivity index (χ1n) is 7.61. The van der Waals surface area contributed by atoms with Crippen molar-refractivity contribution in [2.45, 2.75) is 45.6 Å². The van der Waals surface area contributed by atoms with Gasteiger partial charge < -0.3 is 15.2 Å². The van der Waals surface area contributed by atoms with Gasteiger partial charge >= 0.3 is 0 Å². The molecule has 106 valence electrons. The maximum atomic E-state index is 9.78. The maximum Gasteiger partial charge on any atom is 0.0897 e. The maximum absolute atomic E-state index is 9.78. The van der Waals surface area contributed by atoms with Crippen LogP contribution >= 0.6 is 0 Å². The second-order valence-corrected chi connectivity index (χ2v) is 6.68. The van der Waals surface area contributed by atoms with E-state index in [1.54, 1.807) is 0 Å². The average molecular weight is 255 g/mol. The zero-order valence-electron chi connectivity index (χ0n) is 11.9. The number of aliphatic hydroxyl groups excluding tert-OH is 1. The zero-order chi connectivity index (χ0) is 13.0. The van der Waals surface area contributed by atoms with E-state index in [-0.39, 0.29) is 6.10 Å². The van der Waals surface area contributed by atoms with E-state index < -0.39 is 0 Å². The largest absolute Gasteiger partial charge is 0.389 e. The van der Waals surface area contributed by atoms with Crippen molar-refractivity contribution >= 4 is 0 Å². The van der Waals surface area contributed by atoms with Gasteiger partial charge in [-0.1, -0.05) is 20.3 Å². The number of aliphatic hydroxyl groups is 1. The third-order valence-electron chi connectivity index (χ3n) is 4.43. The van der Waals surface area contributed by atoms with Gasteiger partial charge in [0.15, 0.2) is 0 Å². The van der Waals surface area contributed by atoms with Gasteiger partial charge in [-0.05, 0) is 49.5 Å². The molecule has 0 spiro atoms. The third kappa shape index (κ3) is 4.22. The van der Waals surface area contributed by atoms with Crippen molar-refractivity contribution in [2.75, 3.05) is 26.3 Å². The lowest BCUT2D eigenvalue weighted by Crippen LogP contribution is -2.35. The molecular formula is C15H29NO2. The Morgan fingerprint density at radius 2 is 2.06 bits per heavy atom. The first-order valence-corrected chi connectivity index (χ1v) is 7.61. The fraction of sp³-hybridized carbons (Fsp3) is 1.00. The van der Waals surface area contributed by atoms with Crippen molar-refractivity contribution in [3.63, 3.8) is 0 Å². The summed E-state index contributed by atoms with van der Waals surface area (Å²) in [7, 11) is 0. The van der Waals surface area contributed by atoms with Crippen LogP contribution in [0.5, 0.6) is 0 Å². The molecule has 0 amide bonds. The van der Waals surface area contributed by atoms with Crippen LogP contribution < -0.4 is 5.32 Å². The summed E-state index contributed by atoms with van der Waals surface area (Å²) in [5.41, 5.74) is 0. The number of hydrogen-bond acceptors (Lipinski definition) is 3. The van der Waals surface area contributed by atoms with Crippen molar-refractivity contribution in [1.29, 1.82) is 0 Å². The van der Waals surface area contributed by atoms with E-state index in [0.29, 0.717) is 19.1 Å². The van der Waals surface area contributed by atoms with Crippen LogP contribution in [0.1, 0.15) is 39.5 Å². The van der Waals surface area contributed by atoms with Gasteiger partial charge in [0.25, 0.3) is 0 Å². The Hall–Kier alpha value is -0.120. The highest BCUT2D eigenvalue weighted by atomic mass is 16.5. The Kier molecular flexibility index (Phi) is 5.46. The van der Waals surface area contributed by atoms with E-state index in [1.807, 2.05) is 0 Å². The highest BCUT2D eigenvalue weighted by Gasteiger charge is 2.38. The number of ether oxygens (including phenoxy) is 1. The number of fused-ring (bicyclic) bond motifs is 2. The van der Waals surface area contributed by atoms with Crippen LogP contribution in [0.2, 0.25) is 0 Å². The molecule has 3 heteroatoms. The topological polar surface area (TPSA) is 41.5 Å². The summed E-state index contributed by atoms with van der Waals surface area (Å²) in [5.74, 6) is 3.39. The molecule has 2 rings (SSSR count). The zero-order valence-corrected chi connectivity index (χ0v) is 11.9. The molecule has 2 saturated carbocycles. The summed E-state index contributed by atoms with van der Waals surface area (Å²) in [5, 5.41) is 13.2. The van der Waals surface area contributed by atoms with Gasteiger partial charge in [0, 0.05) is 13.2 Å². The van der Waals surface area contributed by atoms with Gasteiger partial charge in [0.2, 0.25) is 0 Å². The van der Waals surface area contributed by atoms with Crippen molar-refractivity contribution in [2.24, 2.45) is 23.7 Å². The highest BCUT2D eigenvalue weighted by Crippen LogP contribution is 2.47. The molecule has 2 N–H and O–H groups in total. The van der Waals surface area contributed by atoms with E-state index in [0.717, 1.165) is 30.9 Å². The van der Waals surface area contributed by atoms with Gasteiger partial charge in [-0.3, -0.25) is 0 Å². The van der Waals surface area contributed by atoms with Crippen molar-refractivity contribution in [1.82, 2.24) is 5.32 Å². The average Bonchev–Trinajstić information content (AvgIpc) is 2.90. The highest BCUT2D eigenvalue weighted by molar-refractivity contribution is 4.90. The van der Waals surface area contributed by atoms with Crippen LogP contribution in [0.25, 0.3) is 0 Å². The van der Waals surface area contributed by atoms with E-state index in [4.69, 9.17) is 4.74 Å². The third-order valence-corrected chi connectivity index (χ3v) is 4.43. The quantitative estimate of drug-likeness (QED) is 0.697. The molecule has 0 aromatic carbocycles. The molecule has 2 aliphatic carbocycles. The molecule has 2 aliphatic rings. The molecule has 0 aromatic rings. The smallest absolute Gasteiger partial charge is 0.0897 e. The molecule has 4 atom stereocenters. The number of rotatable bonds is 8. The Balaban J connectivity index is 1.50. The Bertz CT molecular complexity index is 245. The van der Waals surface area contributed by atoms with E-state index in [9.17, 15) is 5.11 Å². The Morgan fingerprint density at radius 3 is 2.67 bits per heavy atom. The van der Waals surface area contributed by atoms with Gasteiger partial charge in [-0.15, -0.1) is 0 Å².